The van der Waals surface area contributed by atoms with Gasteiger partial charge in [0.15, 0.2) is 11.7 Å². The van der Waals surface area contributed by atoms with Gasteiger partial charge in [0.2, 0.25) is 0 Å². The van der Waals surface area contributed by atoms with E-state index in [1.165, 1.54) is 0 Å². The Morgan fingerprint density at radius 2 is 1.43 bits per heavy atom. The summed E-state index contributed by atoms with van der Waals surface area (Å²) >= 11 is 3.88. The molecule has 6 saturated carbocycles. The normalized spacial score (nSPS) is 61.8. The van der Waals surface area contributed by atoms with Gasteiger partial charge in [-0.3, -0.25) is 9.59 Å². The number of carbonyl (C=O) groups is 2. The summed E-state index contributed by atoms with van der Waals surface area (Å²) in [4.78, 5) is 23.0. The van der Waals surface area contributed by atoms with Gasteiger partial charge in [0.05, 0.1) is 17.5 Å². The maximum absolute atomic E-state index is 11.5. The van der Waals surface area contributed by atoms with Crippen molar-refractivity contribution in [2.45, 2.75) is 10.1 Å². The number of rotatable bonds is 3. The van der Waals surface area contributed by atoms with Gasteiger partial charge in [0, 0.05) is 11.3 Å². The lowest BCUT2D eigenvalue weighted by molar-refractivity contribution is -0.450. The van der Waals surface area contributed by atoms with E-state index in [-0.39, 0.29) is 28.0 Å². The van der Waals surface area contributed by atoms with Crippen LogP contribution in [0.15, 0.2) is 0 Å². The third kappa shape index (κ3) is 0.697. The van der Waals surface area contributed by atoms with Crippen molar-refractivity contribution in [3.05, 3.63) is 0 Å². The molecular formula is C14H13BrO6. The van der Waals surface area contributed by atoms with E-state index in [9.17, 15) is 19.8 Å². The molecule has 0 radical (unpaired) electrons. The smallest absolute Gasteiger partial charge is 0.318 e. The number of carboxylic acids is 2. The molecular weight excluding hydrogens is 344 g/mol. The van der Waals surface area contributed by atoms with Crippen LogP contribution in [0.4, 0.5) is 0 Å². The number of hydrogen-bond acceptors (Lipinski definition) is 4. The fourth-order valence-corrected chi connectivity index (χ4v) is 9.44. The average Bonchev–Trinajstić information content (AvgIpc) is 2.94. The molecule has 6 aliphatic carbocycles. The minimum absolute atomic E-state index is 0.132. The number of carboxylic acid groups (broad SMARTS) is 2. The molecule has 7 heteroatoms. The molecule has 1 saturated heterocycles. The lowest BCUT2D eigenvalue weighted by Crippen LogP contribution is -2.94. The number of alkyl halides is 1. The molecule has 7 fully saturated rings. The van der Waals surface area contributed by atoms with Crippen molar-refractivity contribution >= 4 is 27.9 Å². The minimum Gasteiger partial charge on any atom is -0.481 e. The summed E-state index contributed by atoms with van der Waals surface area (Å²) in [5, 5.41) is 18.8. The van der Waals surface area contributed by atoms with E-state index in [4.69, 9.17) is 9.47 Å². The first-order valence-electron chi connectivity index (χ1n) is 7.38. The predicted octanol–water partition coefficient (Wildman–Crippen LogP) is 0.400. The van der Waals surface area contributed by atoms with Gasteiger partial charge >= 0.3 is 11.9 Å². The lowest BCUT2D eigenvalue weighted by Gasteiger charge is -2.92. The highest BCUT2D eigenvalue weighted by molar-refractivity contribution is 9.10. The number of aliphatic carboxylic acids is 2. The molecule has 1 aliphatic heterocycles. The Kier molecular flexibility index (Phi) is 1.57. The van der Waals surface area contributed by atoms with E-state index in [1.807, 2.05) is 0 Å². The van der Waals surface area contributed by atoms with E-state index < -0.39 is 29.1 Å². The summed E-state index contributed by atoms with van der Waals surface area (Å²) in [5.74, 6) is -2.93. The van der Waals surface area contributed by atoms with Crippen molar-refractivity contribution in [2.24, 2.45) is 46.8 Å². The van der Waals surface area contributed by atoms with Crippen LogP contribution in [-0.2, 0) is 19.1 Å². The van der Waals surface area contributed by atoms with E-state index >= 15 is 0 Å². The van der Waals surface area contributed by atoms with Gasteiger partial charge in [-0.05, 0) is 29.6 Å². The highest BCUT2D eigenvalue weighted by atomic mass is 79.9. The largest absolute Gasteiger partial charge is 0.481 e. The number of hydrogen-bond donors (Lipinski definition) is 2. The van der Waals surface area contributed by atoms with Gasteiger partial charge < -0.3 is 19.7 Å². The topological polar surface area (TPSA) is 93.1 Å². The minimum atomic E-state index is -1.27. The van der Waals surface area contributed by atoms with Crippen LogP contribution in [0.3, 0.4) is 0 Å². The highest BCUT2D eigenvalue weighted by Crippen LogP contribution is 3.05. The molecule has 4 unspecified atom stereocenters. The quantitative estimate of drug-likeness (QED) is 0.561. The first kappa shape index (κ1) is 11.8. The van der Waals surface area contributed by atoms with Gasteiger partial charge in [0.1, 0.15) is 0 Å². The molecule has 0 amide bonds. The Hall–Kier alpha value is -0.660. The summed E-state index contributed by atoms with van der Waals surface area (Å²) < 4.78 is 11.8. The summed E-state index contributed by atoms with van der Waals surface area (Å²) in [6.07, 6.45) is 0. The molecule has 7 aliphatic rings. The van der Waals surface area contributed by atoms with Gasteiger partial charge in [0.25, 0.3) is 0 Å². The van der Waals surface area contributed by atoms with Gasteiger partial charge in [-0.2, -0.15) is 0 Å². The predicted molar refractivity (Wildman–Crippen MR) is 68.4 cm³/mol. The zero-order chi connectivity index (χ0) is 14.5. The molecule has 0 aromatic carbocycles. The zero-order valence-corrected chi connectivity index (χ0v) is 12.4. The van der Waals surface area contributed by atoms with E-state index in [2.05, 4.69) is 15.9 Å². The van der Waals surface area contributed by atoms with Crippen LogP contribution in [0.5, 0.6) is 0 Å². The third-order valence-corrected chi connectivity index (χ3v) is 9.32. The summed E-state index contributed by atoms with van der Waals surface area (Å²) in [5.41, 5.74) is -0.520. The van der Waals surface area contributed by atoms with Crippen LogP contribution in [0.1, 0.15) is 0 Å². The number of ether oxygens (including phenoxy) is 2. The monoisotopic (exact) mass is 356 g/mol. The molecule has 4 atom stereocenters. The van der Waals surface area contributed by atoms with Crippen molar-refractivity contribution in [3.8, 4) is 0 Å². The first-order valence-corrected chi connectivity index (χ1v) is 8.17. The van der Waals surface area contributed by atoms with E-state index in [0.717, 1.165) is 0 Å². The Morgan fingerprint density at radius 1 is 0.952 bits per heavy atom. The van der Waals surface area contributed by atoms with Crippen LogP contribution in [0.25, 0.3) is 0 Å². The molecule has 1 spiro atoms. The Bertz CT molecular complexity index is 605. The summed E-state index contributed by atoms with van der Waals surface area (Å²) in [7, 11) is 0. The van der Waals surface area contributed by atoms with E-state index in [1.54, 1.807) is 0 Å². The van der Waals surface area contributed by atoms with Gasteiger partial charge in [-0.15, -0.1) is 0 Å². The zero-order valence-electron chi connectivity index (χ0n) is 10.9. The molecule has 0 aromatic heterocycles. The molecule has 7 rings (SSSR count). The second-order valence-corrected chi connectivity index (χ2v) is 8.71. The van der Waals surface area contributed by atoms with Crippen molar-refractivity contribution in [3.63, 3.8) is 0 Å². The van der Waals surface area contributed by atoms with Crippen LogP contribution in [0.2, 0.25) is 0 Å². The molecule has 2 bridgehead atoms. The van der Waals surface area contributed by atoms with Crippen LogP contribution < -0.4 is 0 Å². The molecule has 6 nitrogen and oxygen atoms in total. The van der Waals surface area contributed by atoms with Gasteiger partial charge in [-0.1, -0.05) is 15.9 Å². The van der Waals surface area contributed by atoms with Crippen LogP contribution >= 0.6 is 15.9 Å². The first-order chi connectivity index (χ1) is 9.95. The summed E-state index contributed by atoms with van der Waals surface area (Å²) in [6.45, 7) is 1.14. The Balaban J connectivity index is 1.49. The van der Waals surface area contributed by atoms with Crippen molar-refractivity contribution in [1.29, 1.82) is 0 Å². The van der Waals surface area contributed by atoms with Crippen molar-refractivity contribution in [1.82, 2.24) is 0 Å². The molecule has 1 heterocycles. The second-order valence-electron chi connectivity index (χ2n) is 7.40. The lowest BCUT2D eigenvalue weighted by atomic mass is 9.11. The van der Waals surface area contributed by atoms with E-state index in [0.29, 0.717) is 25.0 Å². The van der Waals surface area contributed by atoms with Crippen LogP contribution in [0, 0.1) is 46.8 Å². The van der Waals surface area contributed by atoms with Crippen LogP contribution in [-0.4, -0.2) is 45.5 Å². The third-order valence-electron chi connectivity index (χ3n) is 7.71. The highest BCUT2D eigenvalue weighted by Gasteiger charge is 3.10. The van der Waals surface area contributed by atoms with Crippen molar-refractivity contribution in [2.75, 3.05) is 13.2 Å². The molecule has 2 N–H and O–H groups in total. The molecule has 0 aromatic rings. The summed E-state index contributed by atoms with van der Waals surface area (Å²) in [6, 6.07) is 0. The van der Waals surface area contributed by atoms with Gasteiger partial charge in [-0.25, -0.2) is 0 Å². The molecule has 21 heavy (non-hydrogen) atoms. The number of halogens is 1. The standard InChI is InChI=1S/C14H13BrO6/c15-13-6-3-7(13)5-8(14(13)20-1-2-21-14)4(6)12(3,5)9(10(16)17)11(18)19/h3-9H,1-2H2,(H,16,17)(H,18,19). The fourth-order valence-electron chi connectivity index (χ4n) is 7.81. The Labute approximate surface area is 127 Å². The Morgan fingerprint density at radius 3 is 1.90 bits per heavy atom. The SMILES string of the molecule is O=C(O)C(C(=O)O)C12C3C4C1C1C2C3C1(Br)C41OCCO1. The van der Waals surface area contributed by atoms with Crippen molar-refractivity contribution < 1.29 is 29.3 Å². The maximum atomic E-state index is 11.5. The maximum Gasteiger partial charge on any atom is 0.318 e. The second kappa shape index (κ2) is 2.78. The molecule has 112 valence electrons. The fraction of sp³-hybridized carbons (Fsp3) is 0.857. The average molecular weight is 357 g/mol.